The number of hydrogen-bond donors (Lipinski definition) is 3. The summed E-state index contributed by atoms with van der Waals surface area (Å²) in [6, 6.07) is 11.8. The summed E-state index contributed by atoms with van der Waals surface area (Å²) in [4.78, 5) is 36.6. The Hall–Kier alpha value is -4.28. The first kappa shape index (κ1) is 25.8. The van der Waals surface area contributed by atoms with E-state index in [9.17, 15) is 32.7 Å². The molecule has 8 nitrogen and oxygen atoms in total. The summed E-state index contributed by atoms with van der Waals surface area (Å²) in [7, 11) is 0. The molecule has 0 fully saturated rings. The van der Waals surface area contributed by atoms with Crippen molar-refractivity contribution in [2.45, 2.75) is 38.8 Å². The lowest BCUT2D eigenvalue weighted by Crippen LogP contribution is -2.37. The summed E-state index contributed by atoms with van der Waals surface area (Å²) in [5.41, 5.74) is 0.678. The third-order valence-electron chi connectivity index (χ3n) is 6.52. The van der Waals surface area contributed by atoms with E-state index in [0.717, 1.165) is 17.7 Å². The molecule has 1 atom stereocenters. The summed E-state index contributed by atoms with van der Waals surface area (Å²) in [5, 5.41) is 22.1. The van der Waals surface area contributed by atoms with Gasteiger partial charge in [-0.3, -0.25) is 14.9 Å². The number of hydrogen-bond acceptors (Lipinski definition) is 5. The van der Waals surface area contributed by atoms with Gasteiger partial charge in [-0.2, -0.15) is 13.2 Å². The highest BCUT2D eigenvalue weighted by Gasteiger charge is 2.42. The topological polar surface area (TPSA) is 121 Å². The van der Waals surface area contributed by atoms with E-state index >= 15 is 0 Å². The predicted octanol–water partition coefficient (Wildman–Crippen LogP) is 5.81. The van der Waals surface area contributed by atoms with Crippen molar-refractivity contribution in [3.8, 4) is 11.3 Å². The number of alkyl halides is 3. The van der Waals surface area contributed by atoms with Gasteiger partial charge >= 0.3 is 18.2 Å². The molecule has 1 aliphatic carbocycles. The minimum Gasteiger partial charge on any atom is -0.481 e. The van der Waals surface area contributed by atoms with Gasteiger partial charge in [-0.15, -0.1) is 10.2 Å². The monoisotopic (exact) mass is 512 g/mol. The van der Waals surface area contributed by atoms with Crippen LogP contribution in [0.2, 0.25) is 0 Å². The molecular weight excluding hydrogens is 489 g/mol. The molecule has 0 saturated carbocycles. The molecule has 1 aliphatic rings. The quantitative estimate of drug-likeness (QED) is 0.383. The molecule has 1 aromatic heterocycles. The number of carbonyl (C=O) groups is 3. The van der Waals surface area contributed by atoms with Gasteiger partial charge in [-0.25, -0.2) is 4.79 Å². The Morgan fingerprint density at radius 3 is 2.49 bits per heavy atom. The second-order valence-corrected chi connectivity index (χ2v) is 8.87. The number of Topliss-reactive ketones (excluding diaryl/α,β-unsaturated/α-hetero) is 1. The van der Waals surface area contributed by atoms with E-state index in [2.05, 4.69) is 20.8 Å². The number of benzene rings is 2. The van der Waals surface area contributed by atoms with Gasteiger partial charge in [0.25, 0.3) is 0 Å². The Morgan fingerprint density at radius 2 is 1.84 bits per heavy atom. The maximum absolute atomic E-state index is 13.1. The zero-order valence-electron chi connectivity index (χ0n) is 19.7. The molecule has 1 heterocycles. The largest absolute Gasteiger partial charge is 0.481 e. The van der Waals surface area contributed by atoms with E-state index in [-0.39, 0.29) is 23.7 Å². The Bertz CT molecular complexity index is 1360. The molecule has 192 valence electrons. The number of carboxylic acids is 1. The van der Waals surface area contributed by atoms with Crippen LogP contribution in [0.25, 0.3) is 11.3 Å². The second-order valence-electron chi connectivity index (χ2n) is 8.87. The molecule has 0 spiro atoms. The molecule has 0 saturated heterocycles. The van der Waals surface area contributed by atoms with Crippen molar-refractivity contribution in [1.29, 1.82) is 0 Å². The molecular formula is C26H23F3N4O4. The lowest BCUT2D eigenvalue weighted by atomic mass is 9.67. The van der Waals surface area contributed by atoms with Gasteiger partial charge in [0.05, 0.1) is 17.7 Å². The Labute approximate surface area is 209 Å². The number of nitrogens with one attached hydrogen (secondary N) is 2. The smallest absolute Gasteiger partial charge is 0.416 e. The van der Waals surface area contributed by atoms with Gasteiger partial charge in [0.15, 0.2) is 11.6 Å². The maximum atomic E-state index is 13.1. The van der Waals surface area contributed by atoms with Crippen LogP contribution in [0.4, 0.5) is 29.5 Å². The highest BCUT2D eigenvalue weighted by Crippen LogP contribution is 2.42. The van der Waals surface area contributed by atoms with Crippen LogP contribution in [0, 0.1) is 5.41 Å². The Morgan fingerprint density at radius 1 is 1.05 bits per heavy atom. The summed E-state index contributed by atoms with van der Waals surface area (Å²) < 4.78 is 38.6. The molecule has 2 amide bonds. The lowest BCUT2D eigenvalue weighted by Gasteiger charge is -2.34. The number of anilines is 2. The Kier molecular flexibility index (Phi) is 6.97. The van der Waals surface area contributed by atoms with Crippen molar-refractivity contribution in [1.82, 2.24) is 10.2 Å². The van der Waals surface area contributed by atoms with Crippen molar-refractivity contribution in [3.63, 3.8) is 0 Å². The van der Waals surface area contributed by atoms with E-state index < -0.39 is 29.2 Å². The first-order valence-electron chi connectivity index (χ1n) is 11.5. The molecule has 0 radical (unpaired) electrons. The van der Waals surface area contributed by atoms with Crippen molar-refractivity contribution in [2.75, 3.05) is 10.6 Å². The number of halogens is 3. The van der Waals surface area contributed by atoms with Crippen LogP contribution < -0.4 is 10.6 Å². The first-order chi connectivity index (χ1) is 17.5. The number of fused-ring (bicyclic) bond motifs is 1. The first-order valence-corrected chi connectivity index (χ1v) is 11.5. The van der Waals surface area contributed by atoms with Gasteiger partial charge < -0.3 is 10.4 Å². The number of ketones is 1. The van der Waals surface area contributed by atoms with Crippen LogP contribution in [0.1, 0.15) is 47.7 Å². The number of rotatable bonds is 6. The zero-order valence-corrected chi connectivity index (χ0v) is 19.7. The maximum Gasteiger partial charge on any atom is 0.416 e. The van der Waals surface area contributed by atoms with Crippen molar-refractivity contribution < 1.29 is 32.7 Å². The molecule has 4 rings (SSSR count). The molecule has 0 bridgehead atoms. The van der Waals surface area contributed by atoms with Crippen LogP contribution in [0.3, 0.4) is 0 Å². The van der Waals surface area contributed by atoms with Gasteiger partial charge in [-0.05, 0) is 61.2 Å². The van der Waals surface area contributed by atoms with Crippen molar-refractivity contribution >= 4 is 29.3 Å². The molecule has 11 heteroatoms. The van der Waals surface area contributed by atoms with Crippen molar-refractivity contribution in [2.24, 2.45) is 5.41 Å². The number of aromatic nitrogens is 2. The lowest BCUT2D eigenvalue weighted by molar-refractivity contribution is -0.139. The van der Waals surface area contributed by atoms with Gasteiger partial charge in [-0.1, -0.05) is 25.1 Å². The SMILES string of the molecule is CCC1(CC(=O)O)CCc2cc(-c3ccc(NC(=O)Nc4cccc(C(F)(F)F)c4)nn3)ccc2C1=O. The molecule has 3 aromatic rings. The minimum atomic E-state index is -4.53. The highest BCUT2D eigenvalue weighted by molar-refractivity contribution is 6.04. The third-order valence-corrected chi connectivity index (χ3v) is 6.52. The molecule has 3 N–H and O–H groups in total. The molecule has 2 aromatic carbocycles. The van der Waals surface area contributed by atoms with Gasteiger partial charge in [0.1, 0.15) is 0 Å². The average Bonchev–Trinajstić information content (AvgIpc) is 2.85. The van der Waals surface area contributed by atoms with E-state index in [1.54, 1.807) is 18.2 Å². The van der Waals surface area contributed by atoms with E-state index in [1.807, 2.05) is 13.0 Å². The standard InChI is InChI=1S/C26H23F3N4O4/c1-2-25(14-22(34)35)11-10-15-12-16(6-7-19(15)23(25)36)20-8-9-21(33-32-20)31-24(37)30-18-5-3-4-17(13-18)26(27,28)29/h3-9,12-13H,2,10-11,14H2,1H3,(H,34,35)(H2,30,31,33,37). The van der Waals surface area contributed by atoms with Crippen LogP contribution >= 0.6 is 0 Å². The fourth-order valence-corrected chi connectivity index (χ4v) is 4.48. The minimum absolute atomic E-state index is 0.0315. The zero-order chi connectivity index (χ0) is 26.8. The number of nitrogens with zero attached hydrogens (tertiary/aromatic N) is 2. The summed E-state index contributed by atoms with van der Waals surface area (Å²) in [6.45, 7) is 1.82. The van der Waals surface area contributed by atoms with Crippen LogP contribution in [0.5, 0.6) is 0 Å². The number of carboxylic acid groups (broad SMARTS) is 1. The fraction of sp³-hybridized carbons (Fsp3) is 0.269. The predicted molar refractivity (Wildman–Crippen MR) is 129 cm³/mol. The molecule has 37 heavy (non-hydrogen) atoms. The Balaban J connectivity index is 1.45. The van der Waals surface area contributed by atoms with Gasteiger partial charge in [0.2, 0.25) is 0 Å². The number of urea groups is 1. The number of aryl methyl sites for hydroxylation is 1. The normalized spacial score (nSPS) is 17.1. The van der Waals surface area contributed by atoms with Gasteiger partial charge in [0, 0.05) is 22.2 Å². The highest BCUT2D eigenvalue weighted by atomic mass is 19.4. The average molecular weight is 512 g/mol. The van der Waals surface area contributed by atoms with E-state index in [4.69, 9.17) is 0 Å². The third kappa shape index (κ3) is 5.60. The van der Waals surface area contributed by atoms with Crippen molar-refractivity contribution in [3.05, 3.63) is 71.3 Å². The number of aliphatic carboxylic acids is 1. The summed E-state index contributed by atoms with van der Waals surface area (Å²) in [6.07, 6.45) is -3.29. The van der Waals surface area contributed by atoms with Crippen LogP contribution in [-0.2, 0) is 17.4 Å². The number of amides is 2. The van der Waals surface area contributed by atoms with E-state index in [0.29, 0.717) is 36.1 Å². The molecule has 1 unspecified atom stereocenters. The second kappa shape index (κ2) is 10.00. The van der Waals surface area contributed by atoms with Crippen LogP contribution in [-0.4, -0.2) is 33.1 Å². The van der Waals surface area contributed by atoms with Crippen LogP contribution in [0.15, 0.2) is 54.6 Å². The molecule has 0 aliphatic heterocycles. The fourth-order valence-electron chi connectivity index (χ4n) is 4.48. The summed E-state index contributed by atoms with van der Waals surface area (Å²) >= 11 is 0. The van der Waals surface area contributed by atoms with E-state index in [1.165, 1.54) is 18.2 Å². The number of carbonyl (C=O) groups excluding carboxylic acids is 2. The summed E-state index contributed by atoms with van der Waals surface area (Å²) in [5.74, 6) is -1.08.